The Hall–Kier alpha value is -1.62. The number of aryl methyl sites for hydroxylation is 1. The molecule has 0 spiro atoms. The molecule has 0 saturated heterocycles. The summed E-state index contributed by atoms with van der Waals surface area (Å²) in [5.74, 6) is 0.556. The van der Waals surface area contributed by atoms with Gasteiger partial charge in [0, 0.05) is 26.2 Å². The average molecular weight is 237 g/mol. The second kappa shape index (κ2) is 6.20. The minimum atomic E-state index is -0.0794. The predicted octanol–water partition coefficient (Wildman–Crippen LogP) is 0.358. The van der Waals surface area contributed by atoms with E-state index in [1.807, 2.05) is 19.1 Å². The minimum absolute atomic E-state index is 0.0231. The first-order chi connectivity index (χ1) is 8.04. The van der Waals surface area contributed by atoms with Crippen LogP contribution in [0.15, 0.2) is 12.1 Å². The normalized spacial score (nSPS) is 10.1. The highest BCUT2D eigenvalue weighted by Crippen LogP contribution is 2.17. The topological polar surface area (TPSA) is 68.5 Å². The van der Waals surface area contributed by atoms with E-state index in [4.69, 9.17) is 10.5 Å². The third-order valence-corrected chi connectivity index (χ3v) is 2.30. The molecule has 17 heavy (non-hydrogen) atoms. The van der Waals surface area contributed by atoms with Gasteiger partial charge < -0.3 is 15.4 Å². The lowest BCUT2D eigenvalue weighted by molar-refractivity contribution is -0.130. The van der Waals surface area contributed by atoms with Crippen molar-refractivity contribution < 1.29 is 9.53 Å². The molecule has 1 aromatic rings. The summed E-state index contributed by atoms with van der Waals surface area (Å²) in [5, 5.41) is 0. The number of amides is 1. The van der Waals surface area contributed by atoms with Crippen molar-refractivity contribution in [1.82, 2.24) is 9.88 Å². The number of likely N-dealkylation sites (N-methyl/N-ethyl adjacent to an activating group) is 1. The largest absolute Gasteiger partial charge is 0.482 e. The Bertz CT molecular complexity index is 391. The first kappa shape index (κ1) is 13.4. The fraction of sp³-hybridized carbons (Fsp3) is 0.500. The van der Waals surface area contributed by atoms with Crippen LogP contribution < -0.4 is 10.5 Å². The van der Waals surface area contributed by atoms with Gasteiger partial charge in [0.15, 0.2) is 6.61 Å². The van der Waals surface area contributed by atoms with Crippen LogP contribution >= 0.6 is 0 Å². The molecule has 1 rings (SSSR count). The molecule has 0 fully saturated rings. The van der Waals surface area contributed by atoms with Gasteiger partial charge in [-0.2, -0.15) is 0 Å². The maximum absolute atomic E-state index is 11.4. The molecular weight excluding hydrogens is 218 g/mol. The maximum atomic E-state index is 11.4. The first-order valence-corrected chi connectivity index (χ1v) is 5.54. The van der Waals surface area contributed by atoms with Gasteiger partial charge in [-0.1, -0.05) is 0 Å². The van der Waals surface area contributed by atoms with Gasteiger partial charge in [-0.05, 0) is 25.6 Å². The van der Waals surface area contributed by atoms with Gasteiger partial charge in [0.25, 0.3) is 5.91 Å². The zero-order valence-electron chi connectivity index (χ0n) is 10.6. The Morgan fingerprint density at radius 3 is 2.76 bits per heavy atom. The Morgan fingerprint density at radius 1 is 1.47 bits per heavy atom. The number of aromatic nitrogens is 1. The lowest BCUT2D eigenvalue weighted by atomic mass is 10.2. The highest BCUT2D eigenvalue weighted by molar-refractivity contribution is 5.77. The summed E-state index contributed by atoms with van der Waals surface area (Å²) in [6.07, 6.45) is 0.646. The predicted molar refractivity (Wildman–Crippen MR) is 65.9 cm³/mol. The van der Waals surface area contributed by atoms with Gasteiger partial charge in [-0.15, -0.1) is 0 Å². The molecule has 1 amide bonds. The molecule has 1 heterocycles. The summed E-state index contributed by atoms with van der Waals surface area (Å²) in [5.41, 5.74) is 7.23. The van der Waals surface area contributed by atoms with Crippen molar-refractivity contribution in [2.45, 2.75) is 13.3 Å². The molecule has 1 aromatic heterocycles. The van der Waals surface area contributed by atoms with Gasteiger partial charge in [-0.25, -0.2) is 0 Å². The number of hydrogen-bond acceptors (Lipinski definition) is 4. The van der Waals surface area contributed by atoms with E-state index in [1.54, 1.807) is 14.1 Å². The molecule has 0 aliphatic rings. The molecule has 0 aliphatic carbocycles. The minimum Gasteiger partial charge on any atom is -0.482 e. The average Bonchev–Trinajstić information content (AvgIpc) is 2.28. The zero-order chi connectivity index (χ0) is 12.8. The van der Waals surface area contributed by atoms with E-state index in [9.17, 15) is 4.79 Å². The van der Waals surface area contributed by atoms with Gasteiger partial charge in [-0.3, -0.25) is 9.78 Å². The summed E-state index contributed by atoms with van der Waals surface area (Å²) in [6.45, 7) is 2.44. The molecular formula is C12H19N3O2. The number of carbonyl (C=O) groups excluding carboxylic acids is 1. The van der Waals surface area contributed by atoms with Crippen molar-refractivity contribution in [2.24, 2.45) is 5.73 Å². The number of carbonyl (C=O) groups is 1. The number of nitrogens with two attached hydrogens (primary N) is 1. The SMILES string of the molecule is Cc1ccc(OCC(=O)N(C)C)c(CCN)n1. The van der Waals surface area contributed by atoms with Crippen LogP contribution in [0.2, 0.25) is 0 Å². The number of pyridine rings is 1. The first-order valence-electron chi connectivity index (χ1n) is 5.54. The number of hydrogen-bond donors (Lipinski definition) is 1. The van der Waals surface area contributed by atoms with Crippen LogP contribution in [0.4, 0.5) is 0 Å². The number of nitrogens with zero attached hydrogens (tertiary/aromatic N) is 2. The van der Waals surface area contributed by atoms with Gasteiger partial charge in [0.2, 0.25) is 0 Å². The third kappa shape index (κ3) is 4.03. The van der Waals surface area contributed by atoms with Gasteiger partial charge >= 0.3 is 0 Å². The molecule has 5 nitrogen and oxygen atoms in total. The second-order valence-electron chi connectivity index (χ2n) is 4.01. The van der Waals surface area contributed by atoms with Crippen LogP contribution in [0.1, 0.15) is 11.4 Å². The van der Waals surface area contributed by atoms with E-state index in [1.165, 1.54) is 4.90 Å². The van der Waals surface area contributed by atoms with Crippen LogP contribution in [0, 0.1) is 6.92 Å². The highest BCUT2D eigenvalue weighted by Gasteiger charge is 2.09. The quantitative estimate of drug-likeness (QED) is 0.802. The van der Waals surface area contributed by atoms with Crippen LogP contribution in [-0.2, 0) is 11.2 Å². The number of ether oxygens (including phenoxy) is 1. The molecule has 94 valence electrons. The molecule has 2 N–H and O–H groups in total. The molecule has 5 heteroatoms. The van der Waals surface area contributed by atoms with E-state index < -0.39 is 0 Å². The molecule has 0 aliphatic heterocycles. The smallest absolute Gasteiger partial charge is 0.259 e. The molecule has 0 atom stereocenters. The van der Waals surface area contributed by atoms with E-state index in [-0.39, 0.29) is 12.5 Å². The van der Waals surface area contributed by atoms with Crippen LogP contribution in [0.5, 0.6) is 5.75 Å². The van der Waals surface area contributed by atoms with Crippen molar-refractivity contribution >= 4 is 5.91 Å². The van der Waals surface area contributed by atoms with Crippen LogP contribution in [-0.4, -0.2) is 43.0 Å². The van der Waals surface area contributed by atoms with E-state index >= 15 is 0 Å². The fourth-order valence-electron chi connectivity index (χ4n) is 1.31. The Labute approximate surface area is 102 Å². The van der Waals surface area contributed by atoms with Crippen molar-refractivity contribution in [2.75, 3.05) is 27.2 Å². The summed E-state index contributed by atoms with van der Waals surface area (Å²) in [4.78, 5) is 17.3. The van der Waals surface area contributed by atoms with Crippen molar-refractivity contribution in [3.63, 3.8) is 0 Å². The highest BCUT2D eigenvalue weighted by atomic mass is 16.5. The molecule has 0 radical (unpaired) electrons. The lowest BCUT2D eigenvalue weighted by Crippen LogP contribution is -2.27. The maximum Gasteiger partial charge on any atom is 0.259 e. The fourth-order valence-corrected chi connectivity index (χ4v) is 1.31. The Kier molecular flexibility index (Phi) is 4.90. The monoisotopic (exact) mass is 237 g/mol. The zero-order valence-corrected chi connectivity index (χ0v) is 10.6. The Balaban J connectivity index is 2.72. The lowest BCUT2D eigenvalue weighted by Gasteiger charge is -2.13. The number of rotatable bonds is 5. The van der Waals surface area contributed by atoms with Crippen LogP contribution in [0.25, 0.3) is 0 Å². The van der Waals surface area contributed by atoms with Crippen LogP contribution in [0.3, 0.4) is 0 Å². The van der Waals surface area contributed by atoms with E-state index in [0.29, 0.717) is 18.7 Å². The molecule has 0 aromatic carbocycles. The van der Waals surface area contributed by atoms with E-state index in [0.717, 1.165) is 11.4 Å². The Morgan fingerprint density at radius 2 is 2.18 bits per heavy atom. The van der Waals surface area contributed by atoms with Crippen molar-refractivity contribution in [3.8, 4) is 5.75 Å². The summed E-state index contributed by atoms with van der Waals surface area (Å²) in [6, 6.07) is 3.69. The van der Waals surface area contributed by atoms with Crippen molar-refractivity contribution in [3.05, 3.63) is 23.5 Å². The summed E-state index contributed by atoms with van der Waals surface area (Å²) >= 11 is 0. The molecule has 0 unspecified atom stereocenters. The van der Waals surface area contributed by atoms with Crippen molar-refractivity contribution in [1.29, 1.82) is 0 Å². The molecule has 0 saturated carbocycles. The summed E-state index contributed by atoms with van der Waals surface area (Å²) < 4.78 is 5.46. The molecule has 0 bridgehead atoms. The second-order valence-corrected chi connectivity index (χ2v) is 4.01. The third-order valence-electron chi connectivity index (χ3n) is 2.30. The van der Waals surface area contributed by atoms with E-state index in [2.05, 4.69) is 4.98 Å². The summed E-state index contributed by atoms with van der Waals surface area (Å²) in [7, 11) is 3.39. The van der Waals surface area contributed by atoms with Gasteiger partial charge in [0.1, 0.15) is 5.75 Å². The van der Waals surface area contributed by atoms with Gasteiger partial charge in [0.05, 0.1) is 5.69 Å². The standard InChI is InChI=1S/C12H19N3O2/c1-9-4-5-11(10(14-9)6-7-13)17-8-12(16)15(2)3/h4-5H,6-8,13H2,1-3H3.